The third-order valence-corrected chi connectivity index (χ3v) is 3.32. The van der Waals surface area contributed by atoms with E-state index in [0.717, 1.165) is 0 Å². The van der Waals surface area contributed by atoms with Crippen molar-refractivity contribution in [2.24, 2.45) is 0 Å². The first-order chi connectivity index (χ1) is 12.6. The Balaban J connectivity index is 2.37. The Bertz CT molecular complexity index is 783. The molecule has 0 atom stereocenters. The lowest BCUT2D eigenvalue weighted by Crippen LogP contribution is -2.11. The molecule has 0 aliphatic carbocycles. The molecule has 0 aromatic heterocycles. The molecule has 0 aliphatic rings. The summed E-state index contributed by atoms with van der Waals surface area (Å²) in [6.45, 7) is 6.80. The molecular formula is C20H21NO5. The van der Waals surface area contributed by atoms with Crippen LogP contribution in [0.15, 0.2) is 36.4 Å². The first-order valence-corrected chi connectivity index (χ1v) is 8.41. The van der Waals surface area contributed by atoms with Crippen molar-refractivity contribution in [3.63, 3.8) is 0 Å². The van der Waals surface area contributed by atoms with Gasteiger partial charge in [0, 0.05) is 0 Å². The fourth-order valence-electron chi connectivity index (χ4n) is 2.30. The van der Waals surface area contributed by atoms with Crippen molar-refractivity contribution in [1.82, 2.24) is 0 Å². The molecule has 0 amide bonds. The highest BCUT2D eigenvalue weighted by Gasteiger charge is 2.19. The quantitative estimate of drug-likeness (QED) is 0.527. The van der Waals surface area contributed by atoms with Crippen molar-refractivity contribution in [1.29, 1.82) is 5.26 Å². The van der Waals surface area contributed by atoms with Gasteiger partial charge in [0.05, 0.1) is 37.0 Å². The highest BCUT2D eigenvalue weighted by Crippen LogP contribution is 2.39. The van der Waals surface area contributed by atoms with Gasteiger partial charge in [-0.25, -0.2) is 4.79 Å². The van der Waals surface area contributed by atoms with Gasteiger partial charge in [0.2, 0.25) is 5.75 Å². The summed E-state index contributed by atoms with van der Waals surface area (Å²) in [5.74, 6) is 0.999. The summed E-state index contributed by atoms with van der Waals surface area (Å²) in [6, 6.07) is 11.5. The van der Waals surface area contributed by atoms with E-state index in [9.17, 15) is 4.79 Å². The molecule has 136 valence electrons. The van der Waals surface area contributed by atoms with Crippen LogP contribution in [0.2, 0.25) is 0 Å². The molecule has 2 aromatic rings. The topological polar surface area (TPSA) is 77.8 Å². The van der Waals surface area contributed by atoms with Crippen LogP contribution in [-0.2, 0) is 0 Å². The Hall–Kier alpha value is -3.20. The van der Waals surface area contributed by atoms with Crippen LogP contribution >= 0.6 is 0 Å². The second-order valence-electron chi connectivity index (χ2n) is 5.13. The Kier molecular flexibility index (Phi) is 6.86. The molecule has 0 radical (unpaired) electrons. The molecule has 2 rings (SSSR count). The summed E-state index contributed by atoms with van der Waals surface area (Å²) >= 11 is 0. The van der Waals surface area contributed by atoms with Gasteiger partial charge in [0.1, 0.15) is 5.75 Å². The molecule has 0 unspecified atom stereocenters. The largest absolute Gasteiger partial charge is 0.490 e. The van der Waals surface area contributed by atoms with Crippen molar-refractivity contribution < 1.29 is 23.7 Å². The van der Waals surface area contributed by atoms with E-state index in [2.05, 4.69) is 0 Å². The number of hydrogen-bond acceptors (Lipinski definition) is 6. The molecule has 26 heavy (non-hydrogen) atoms. The number of nitrogens with zero attached hydrogens (tertiary/aromatic N) is 1. The highest BCUT2D eigenvalue weighted by atomic mass is 16.5. The number of benzene rings is 2. The van der Waals surface area contributed by atoms with E-state index in [1.807, 2.05) is 26.8 Å². The minimum atomic E-state index is -0.579. The maximum atomic E-state index is 12.5. The zero-order valence-corrected chi connectivity index (χ0v) is 15.1. The van der Waals surface area contributed by atoms with Crippen LogP contribution in [0.4, 0.5) is 0 Å². The average Bonchev–Trinajstić information content (AvgIpc) is 2.64. The third kappa shape index (κ3) is 4.67. The van der Waals surface area contributed by atoms with Gasteiger partial charge in [0.25, 0.3) is 0 Å². The van der Waals surface area contributed by atoms with E-state index >= 15 is 0 Å². The van der Waals surface area contributed by atoms with E-state index in [-0.39, 0.29) is 5.56 Å². The molecule has 0 bridgehead atoms. The fraction of sp³-hybridized carbons (Fsp3) is 0.300. The third-order valence-electron chi connectivity index (χ3n) is 3.32. The van der Waals surface area contributed by atoms with Crippen molar-refractivity contribution in [3.8, 4) is 29.1 Å². The molecule has 2 aromatic carbocycles. The first-order valence-electron chi connectivity index (χ1n) is 8.41. The number of rotatable bonds is 8. The average molecular weight is 355 g/mol. The molecule has 0 N–H and O–H groups in total. The van der Waals surface area contributed by atoms with Crippen molar-refractivity contribution in [2.45, 2.75) is 20.8 Å². The minimum Gasteiger partial charge on any atom is -0.490 e. The van der Waals surface area contributed by atoms with Gasteiger partial charge in [0.15, 0.2) is 11.5 Å². The first kappa shape index (κ1) is 19.1. The molecule has 6 nitrogen and oxygen atoms in total. The van der Waals surface area contributed by atoms with Gasteiger partial charge in [-0.1, -0.05) is 6.07 Å². The zero-order valence-electron chi connectivity index (χ0n) is 15.1. The number of carbonyl (C=O) groups is 1. The summed E-state index contributed by atoms with van der Waals surface area (Å²) in [5, 5.41) is 8.95. The summed E-state index contributed by atoms with van der Waals surface area (Å²) in [6.07, 6.45) is 0. The maximum absolute atomic E-state index is 12.5. The summed E-state index contributed by atoms with van der Waals surface area (Å²) in [7, 11) is 0. The van der Waals surface area contributed by atoms with Crippen LogP contribution in [0.1, 0.15) is 36.7 Å². The Labute approximate surface area is 152 Å². The van der Waals surface area contributed by atoms with Crippen LogP contribution in [0.5, 0.6) is 23.0 Å². The smallest absolute Gasteiger partial charge is 0.343 e. The molecule has 0 aliphatic heterocycles. The predicted octanol–water partition coefficient (Wildman–Crippen LogP) is 3.97. The molecular weight excluding hydrogens is 334 g/mol. The van der Waals surface area contributed by atoms with Gasteiger partial charge in [-0.15, -0.1) is 0 Å². The summed E-state index contributed by atoms with van der Waals surface area (Å²) < 4.78 is 22.2. The van der Waals surface area contributed by atoms with Crippen molar-refractivity contribution in [2.75, 3.05) is 19.8 Å². The standard InChI is InChI=1S/C20H21NO5/c1-4-23-17-11-15(12-18(24-5-2)19(17)25-6-3)20(22)26-16-9-7-8-14(10-16)13-21/h7-12H,4-6H2,1-3H3. The number of hydrogen-bond donors (Lipinski definition) is 0. The maximum Gasteiger partial charge on any atom is 0.343 e. The molecule has 0 heterocycles. The fourth-order valence-corrected chi connectivity index (χ4v) is 2.30. The lowest BCUT2D eigenvalue weighted by Gasteiger charge is -2.16. The van der Waals surface area contributed by atoms with E-state index in [4.69, 9.17) is 24.2 Å². The highest BCUT2D eigenvalue weighted by molar-refractivity contribution is 5.92. The lowest BCUT2D eigenvalue weighted by atomic mass is 10.1. The van der Waals surface area contributed by atoms with E-state index in [0.29, 0.717) is 48.4 Å². The second-order valence-corrected chi connectivity index (χ2v) is 5.13. The number of esters is 1. The van der Waals surface area contributed by atoms with Gasteiger partial charge >= 0.3 is 5.97 Å². The van der Waals surface area contributed by atoms with E-state index in [1.165, 1.54) is 6.07 Å². The van der Waals surface area contributed by atoms with Crippen LogP contribution in [0.25, 0.3) is 0 Å². The van der Waals surface area contributed by atoms with Crippen molar-refractivity contribution in [3.05, 3.63) is 47.5 Å². The van der Waals surface area contributed by atoms with E-state index < -0.39 is 5.97 Å². The van der Waals surface area contributed by atoms with Crippen molar-refractivity contribution >= 4 is 5.97 Å². The Morgan fingerprint density at radius 1 is 0.962 bits per heavy atom. The van der Waals surface area contributed by atoms with Gasteiger partial charge in [-0.3, -0.25) is 0 Å². The van der Waals surface area contributed by atoms with Crippen LogP contribution in [-0.4, -0.2) is 25.8 Å². The molecule has 0 saturated heterocycles. The van der Waals surface area contributed by atoms with Gasteiger partial charge in [-0.05, 0) is 51.1 Å². The van der Waals surface area contributed by atoms with Gasteiger partial charge in [-0.2, -0.15) is 5.26 Å². The Morgan fingerprint density at radius 2 is 1.58 bits per heavy atom. The second kappa shape index (κ2) is 9.33. The number of ether oxygens (including phenoxy) is 4. The predicted molar refractivity (Wildman–Crippen MR) is 96.1 cm³/mol. The van der Waals surface area contributed by atoms with E-state index in [1.54, 1.807) is 30.3 Å². The van der Waals surface area contributed by atoms with Crippen LogP contribution in [0, 0.1) is 11.3 Å². The van der Waals surface area contributed by atoms with Crippen LogP contribution in [0.3, 0.4) is 0 Å². The molecule has 0 spiro atoms. The zero-order chi connectivity index (χ0) is 18.9. The normalized spacial score (nSPS) is 9.92. The summed E-state index contributed by atoms with van der Waals surface area (Å²) in [5.41, 5.74) is 0.676. The minimum absolute atomic E-state index is 0.266. The molecule has 0 fully saturated rings. The number of nitriles is 1. The molecule has 0 saturated carbocycles. The number of carbonyl (C=O) groups excluding carboxylic acids is 1. The lowest BCUT2D eigenvalue weighted by molar-refractivity contribution is 0.0733. The van der Waals surface area contributed by atoms with Crippen LogP contribution < -0.4 is 18.9 Å². The SMILES string of the molecule is CCOc1cc(C(=O)Oc2cccc(C#N)c2)cc(OCC)c1OCC. The monoisotopic (exact) mass is 355 g/mol. The van der Waals surface area contributed by atoms with Gasteiger partial charge < -0.3 is 18.9 Å². The Morgan fingerprint density at radius 3 is 2.12 bits per heavy atom. The molecule has 6 heteroatoms. The summed E-state index contributed by atoms with van der Waals surface area (Å²) in [4.78, 5) is 12.5.